The fraction of sp³-hybridized carbons (Fsp3) is 0.500. The number of benzene rings is 1. The number of hydrogen-bond donors (Lipinski definition) is 10. The number of hydrogen-bond acceptors (Lipinski definition) is 10. The number of amides is 5. The van der Waals surface area contributed by atoms with Gasteiger partial charge in [0.25, 0.3) is 0 Å². The smallest absolute Gasteiger partial charge is 0.326 e. The summed E-state index contributed by atoms with van der Waals surface area (Å²) >= 11 is 0. The van der Waals surface area contributed by atoms with E-state index in [2.05, 4.69) is 26.3 Å². The summed E-state index contributed by atoms with van der Waals surface area (Å²) in [6, 6.07) is 1.33. The van der Waals surface area contributed by atoms with E-state index in [-0.39, 0.29) is 38.3 Å². The minimum atomic E-state index is -1.83. The van der Waals surface area contributed by atoms with Crippen molar-refractivity contribution >= 4 is 53.4 Å². The number of nitrogens with zero attached hydrogens (tertiary/aromatic N) is 2. The van der Waals surface area contributed by atoms with Crippen LogP contribution in [0.5, 0.6) is 0 Å². The molecule has 0 unspecified atom stereocenters. The Morgan fingerprint density at radius 3 is 2.06 bits per heavy atom. The van der Waals surface area contributed by atoms with E-state index in [4.69, 9.17) is 17.2 Å². The molecule has 1 heterocycles. The zero-order chi connectivity index (χ0) is 37.4. The normalized spacial score (nSPS) is 16.1. The highest BCUT2D eigenvalue weighted by Gasteiger charge is 2.38. The van der Waals surface area contributed by atoms with Crippen molar-refractivity contribution in [3.8, 4) is 0 Å². The van der Waals surface area contributed by atoms with Crippen molar-refractivity contribution in [1.82, 2.24) is 26.2 Å². The van der Waals surface area contributed by atoms with Crippen LogP contribution < -0.4 is 38.5 Å². The molecule has 0 bridgehead atoms. The molecule has 1 fully saturated rings. The van der Waals surface area contributed by atoms with Gasteiger partial charge >= 0.3 is 17.9 Å². The lowest BCUT2D eigenvalue weighted by Crippen LogP contribution is -2.58. The Bertz CT molecular complexity index is 1440. The Labute approximate surface area is 286 Å². The lowest BCUT2D eigenvalue weighted by Gasteiger charge is -2.28. The first-order chi connectivity index (χ1) is 23.6. The molecule has 1 aliphatic rings. The molecule has 1 aromatic carbocycles. The number of nitrogens with one attached hydrogen (secondary N) is 4. The summed E-state index contributed by atoms with van der Waals surface area (Å²) in [6.45, 7) is -0.393. The van der Waals surface area contributed by atoms with Gasteiger partial charge in [-0.3, -0.25) is 38.6 Å². The zero-order valence-corrected chi connectivity index (χ0v) is 27.1. The van der Waals surface area contributed by atoms with E-state index in [1.54, 1.807) is 30.3 Å². The van der Waals surface area contributed by atoms with Crippen molar-refractivity contribution in [1.29, 1.82) is 0 Å². The van der Waals surface area contributed by atoms with Crippen molar-refractivity contribution in [2.24, 2.45) is 22.2 Å². The van der Waals surface area contributed by atoms with E-state index in [1.807, 2.05) is 0 Å². The van der Waals surface area contributed by atoms with Crippen molar-refractivity contribution < 1.29 is 53.7 Å². The van der Waals surface area contributed by atoms with Crippen molar-refractivity contribution in [3.05, 3.63) is 35.9 Å². The lowest BCUT2D eigenvalue weighted by molar-refractivity contribution is -0.144. The molecule has 0 aliphatic carbocycles. The second kappa shape index (κ2) is 19.9. The van der Waals surface area contributed by atoms with Gasteiger partial charge in [-0.05, 0) is 31.2 Å². The molecule has 5 atom stereocenters. The van der Waals surface area contributed by atoms with Crippen LogP contribution in [0.2, 0.25) is 0 Å². The third-order valence-electron chi connectivity index (χ3n) is 7.49. The second-order valence-electron chi connectivity index (χ2n) is 11.4. The first-order valence-electron chi connectivity index (χ1n) is 15.6. The maximum absolute atomic E-state index is 13.2. The molecular formula is C30H43N9O11. The monoisotopic (exact) mass is 705 g/mol. The van der Waals surface area contributed by atoms with Gasteiger partial charge in [0.2, 0.25) is 29.5 Å². The molecule has 0 spiro atoms. The average Bonchev–Trinajstić information content (AvgIpc) is 3.54. The fourth-order valence-electron chi connectivity index (χ4n) is 5.05. The molecule has 20 nitrogen and oxygen atoms in total. The van der Waals surface area contributed by atoms with Crippen LogP contribution in [0.4, 0.5) is 0 Å². The van der Waals surface area contributed by atoms with Crippen molar-refractivity contribution in [2.75, 3.05) is 19.6 Å². The highest BCUT2D eigenvalue weighted by Crippen LogP contribution is 2.19. The predicted octanol–water partition coefficient (Wildman–Crippen LogP) is -3.79. The number of carbonyl (C=O) groups is 8. The molecule has 20 heteroatoms. The van der Waals surface area contributed by atoms with Gasteiger partial charge < -0.3 is 58.7 Å². The summed E-state index contributed by atoms with van der Waals surface area (Å²) < 4.78 is 0. The first-order valence-corrected chi connectivity index (χ1v) is 15.6. The van der Waals surface area contributed by atoms with Crippen LogP contribution in [0.1, 0.15) is 44.1 Å². The molecule has 1 aliphatic heterocycles. The Balaban J connectivity index is 2.05. The largest absolute Gasteiger partial charge is 0.481 e. The SMILES string of the molecule is NC(N)=NCCC[C@H](N)C(=O)N1CCC[C@H]1C(=O)N[C@@H](CC(=O)O)C(=O)N[C@@H](CC(=O)O)C(=O)NCC(=O)N[C@@H](Cc1ccccc1)C(=O)O. The summed E-state index contributed by atoms with van der Waals surface area (Å²) in [5.74, 6) is -9.27. The predicted molar refractivity (Wildman–Crippen MR) is 174 cm³/mol. The molecule has 13 N–H and O–H groups in total. The summed E-state index contributed by atoms with van der Waals surface area (Å²) in [7, 11) is 0. The average molecular weight is 706 g/mol. The van der Waals surface area contributed by atoms with E-state index < -0.39 is 97.0 Å². The van der Waals surface area contributed by atoms with Crippen molar-refractivity contribution in [2.45, 2.75) is 75.2 Å². The van der Waals surface area contributed by atoms with Crippen LogP contribution in [-0.4, -0.2) is 123 Å². The molecule has 1 aromatic rings. The maximum atomic E-state index is 13.2. The standard InChI is InChI=1S/C30H43N9O11/c31-17(8-4-10-34-30(32)33)28(48)39-11-5-9-21(39)27(47)38-19(14-24(43)44)26(46)37-18(13-23(41)42)25(45)35-15-22(40)36-20(29(49)50)12-16-6-2-1-3-7-16/h1-3,6-7,17-21H,4-5,8-15,31H2,(H,35,45)(H,36,40)(H,37,46)(H,38,47)(H,41,42)(H,43,44)(H,49,50)(H4,32,33,34)/t17-,18-,19-,20-,21-/m0/s1. The minimum Gasteiger partial charge on any atom is -0.481 e. The topological polar surface area (TPSA) is 339 Å². The van der Waals surface area contributed by atoms with E-state index >= 15 is 0 Å². The quantitative estimate of drug-likeness (QED) is 0.0353. The number of carboxylic acids is 3. The van der Waals surface area contributed by atoms with Crippen LogP contribution in [-0.2, 0) is 44.8 Å². The third-order valence-corrected chi connectivity index (χ3v) is 7.49. The number of carboxylic acid groups (broad SMARTS) is 3. The molecule has 0 saturated carbocycles. The van der Waals surface area contributed by atoms with Gasteiger partial charge in [-0.15, -0.1) is 0 Å². The highest BCUT2D eigenvalue weighted by atomic mass is 16.4. The summed E-state index contributed by atoms with van der Waals surface area (Å²) in [6.07, 6.45) is -0.857. The maximum Gasteiger partial charge on any atom is 0.326 e. The van der Waals surface area contributed by atoms with Crippen LogP contribution in [0, 0.1) is 0 Å². The highest BCUT2D eigenvalue weighted by molar-refractivity contribution is 5.98. The molecule has 0 radical (unpaired) electrons. The zero-order valence-electron chi connectivity index (χ0n) is 27.1. The fourth-order valence-corrected chi connectivity index (χ4v) is 5.05. The molecule has 0 aromatic heterocycles. The number of aliphatic imine (C=N–C) groups is 1. The molecular weight excluding hydrogens is 662 g/mol. The minimum absolute atomic E-state index is 0.0650. The second-order valence-corrected chi connectivity index (χ2v) is 11.4. The van der Waals surface area contributed by atoms with Gasteiger partial charge in [0.15, 0.2) is 5.96 Å². The third kappa shape index (κ3) is 13.7. The Morgan fingerprint density at radius 1 is 0.860 bits per heavy atom. The van der Waals surface area contributed by atoms with Crippen LogP contribution in [0.15, 0.2) is 35.3 Å². The first kappa shape index (κ1) is 40.4. The van der Waals surface area contributed by atoms with Crippen LogP contribution >= 0.6 is 0 Å². The molecule has 5 amide bonds. The molecule has 2 rings (SSSR count). The molecule has 1 saturated heterocycles. The Morgan fingerprint density at radius 2 is 1.48 bits per heavy atom. The van der Waals surface area contributed by atoms with Gasteiger partial charge in [-0.2, -0.15) is 0 Å². The summed E-state index contributed by atoms with van der Waals surface area (Å²) in [4.78, 5) is 104. The Hall–Kier alpha value is -5.79. The van der Waals surface area contributed by atoms with E-state index in [1.165, 1.54) is 4.90 Å². The summed E-state index contributed by atoms with van der Waals surface area (Å²) in [5.41, 5.74) is 17.2. The van der Waals surface area contributed by atoms with E-state index in [0.717, 1.165) is 0 Å². The number of aliphatic carboxylic acids is 3. The summed E-state index contributed by atoms with van der Waals surface area (Å²) in [5, 5.41) is 36.9. The number of guanidine groups is 1. The number of likely N-dealkylation sites (tertiary alicyclic amines) is 1. The van der Waals surface area contributed by atoms with Gasteiger partial charge in [0, 0.05) is 19.5 Å². The van der Waals surface area contributed by atoms with Crippen molar-refractivity contribution in [3.63, 3.8) is 0 Å². The van der Waals surface area contributed by atoms with Gasteiger partial charge in [0.1, 0.15) is 24.2 Å². The Kier molecular flexibility index (Phi) is 16.1. The van der Waals surface area contributed by atoms with Gasteiger partial charge in [0.05, 0.1) is 25.4 Å². The number of nitrogens with two attached hydrogens (primary N) is 3. The van der Waals surface area contributed by atoms with Crippen LogP contribution in [0.25, 0.3) is 0 Å². The number of rotatable bonds is 20. The number of carbonyl (C=O) groups excluding carboxylic acids is 5. The van der Waals surface area contributed by atoms with Gasteiger partial charge in [-0.1, -0.05) is 30.3 Å². The van der Waals surface area contributed by atoms with E-state index in [9.17, 15) is 53.7 Å². The van der Waals surface area contributed by atoms with Crippen LogP contribution in [0.3, 0.4) is 0 Å². The molecule has 274 valence electrons. The van der Waals surface area contributed by atoms with E-state index in [0.29, 0.717) is 18.4 Å². The van der Waals surface area contributed by atoms with Gasteiger partial charge in [-0.25, -0.2) is 4.79 Å². The molecule has 50 heavy (non-hydrogen) atoms. The lowest BCUT2D eigenvalue weighted by atomic mass is 10.1.